The van der Waals surface area contributed by atoms with Crippen LogP contribution >= 0.6 is 0 Å². The van der Waals surface area contributed by atoms with Gasteiger partial charge in [-0.3, -0.25) is 0 Å². The number of hydrogen-bond acceptors (Lipinski definition) is 0. The van der Waals surface area contributed by atoms with E-state index < -0.39 is 8.07 Å². The summed E-state index contributed by atoms with van der Waals surface area (Å²) >= 11 is 0. The van der Waals surface area contributed by atoms with Crippen molar-refractivity contribution in [3.8, 4) is 16.8 Å². The van der Waals surface area contributed by atoms with Crippen molar-refractivity contribution < 1.29 is 26.2 Å². The Hall–Kier alpha value is -2.61. The van der Waals surface area contributed by atoms with Crippen molar-refractivity contribution in [1.82, 2.24) is 4.57 Å². The molecule has 0 saturated carbocycles. The number of rotatable bonds is 2. The van der Waals surface area contributed by atoms with Crippen LogP contribution in [-0.2, 0) is 26.2 Å². The van der Waals surface area contributed by atoms with Gasteiger partial charge in [-0.15, -0.1) is 34.5 Å². The van der Waals surface area contributed by atoms with Gasteiger partial charge in [0.2, 0.25) is 0 Å². The molecule has 0 amide bonds. The molecule has 3 aliphatic rings. The summed E-state index contributed by atoms with van der Waals surface area (Å²) in [6.07, 6.45) is 4.69. The summed E-state index contributed by atoms with van der Waals surface area (Å²) in [5, 5.41) is 4.40. The molecule has 3 heterocycles. The summed E-state index contributed by atoms with van der Waals surface area (Å²) in [4.78, 5) is 0. The van der Waals surface area contributed by atoms with E-state index in [2.05, 4.69) is 135 Å². The number of fused-ring (bicyclic) bond motifs is 1. The summed E-state index contributed by atoms with van der Waals surface area (Å²) < 4.78 is 2.29. The van der Waals surface area contributed by atoms with Gasteiger partial charge in [0.05, 0.1) is 8.07 Å². The van der Waals surface area contributed by atoms with E-state index in [1.54, 1.807) is 16.3 Å². The van der Waals surface area contributed by atoms with Gasteiger partial charge in [0.25, 0.3) is 0 Å². The largest absolute Gasteiger partial charge is 0.323 e. The molecule has 1 aromatic heterocycles. The molecule has 1 aliphatic carbocycles. The second-order valence-corrected chi connectivity index (χ2v) is 14.8. The number of allylic oxidation sites excluding steroid dienone is 1. The first kappa shape index (κ1) is 24.1. The minimum absolute atomic E-state index is 0. The zero-order chi connectivity index (χ0) is 23.4. The zero-order valence-electron chi connectivity index (χ0n) is 20.8. The molecule has 2 bridgehead atoms. The van der Waals surface area contributed by atoms with E-state index in [1.807, 2.05) is 0 Å². The Balaban J connectivity index is 0.000000142. The Bertz CT molecular complexity index is 1540. The van der Waals surface area contributed by atoms with Crippen LogP contribution in [0, 0.1) is 6.92 Å². The summed E-state index contributed by atoms with van der Waals surface area (Å²) in [7, 11) is -1.12. The van der Waals surface area contributed by atoms with Crippen molar-refractivity contribution in [2.24, 2.45) is 0 Å². The molecule has 172 valence electrons. The van der Waals surface area contributed by atoms with E-state index in [9.17, 15) is 0 Å². The van der Waals surface area contributed by atoms with Crippen LogP contribution in [0.25, 0.3) is 32.8 Å². The summed E-state index contributed by atoms with van der Waals surface area (Å²) in [5.74, 6) is 0. The maximum absolute atomic E-state index is 2.51. The summed E-state index contributed by atoms with van der Waals surface area (Å²) in [6, 6.07) is 32.2. The van der Waals surface area contributed by atoms with E-state index in [1.165, 1.54) is 38.7 Å². The van der Waals surface area contributed by atoms with E-state index in [-0.39, 0.29) is 26.2 Å². The molecule has 2 aliphatic heterocycles. The second-order valence-electron chi connectivity index (χ2n) is 10.3. The van der Waals surface area contributed by atoms with E-state index in [4.69, 9.17) is 0 Å². The predicted octanol–water partition coefficient (Wildman–Crippen LogP) is 8.68. The molecule has 1 unspecified atom stereocenters. The van der Waals surface area contributed by atoms with Crippen LogP contribution in [0.4, 0.5) is 0 Å². The van der Waals surface area contributed by atoms with Gasteiger partial charge in [0.1, 0.15) is 0 Å². The van der Waals surface area contributed by atoms with Crippen molar-refractivity contribution in [1.29, 1.82) is 0 Å². The molecule has 4 aromatic carbocycles. The van der Waals surface area contributed by atoms with E-state index in [0.29, 0.717) is 0 Å². The van der Waals surface area contributed by atoms with E-state index in [0.717, 1.165) is 5.54 Å². The third-order valence-corrected chi connectivity index (χ3v) is 11.8. The van der Waals surface area contributed by atoms with Gasteiger partial charge >= 0.3 is 0 Å². The quantitative estimate of drug-likeness (QED) is 0.154. The van der Waals surface area contributed by atoms with Crippen LogP contribution in [0.5, 0.6) is 0 Å². The number of aromatic nitrogens is 1. The second kappa shape index (κ2) is 9.12. The van der Waals surface area contributed by atoms with Crippen molar-refractivity contribution in [2.75, 3.05) is 0 Å². The van der Waals surface area contributed by atoms with Gasteiger partial charge in [0, 0.05) is 49.8 Å². The maximum atomic E-state index is 2.51. The average molecular weight is 548 g/mol. The van der Waals surface area contributed by atoms with Gasteiger partial charge in [0.15, 0.2) is 0 Å². The van der Waals surface area contributed by atoms with Crippen molar-refractivity contribution in [2.45, 2.75) is 32.5 Å². The average Bonchev–Trinajstić information content (AvgIpc) is 3.55. The molecule has 0 saturated heterocycles. The van der Waals surface area contributed by atoms with Crippen LogP contribution < -0.4 is 0 Å². The van der Waals surface area contributed by atoms with Gasteiger partial charge < -0.3 is 4.57 Å². The first-order chi connectivity index (χ1) is 16.4. The van der Waals surface area contributed by atoms with Crippen LogP contribution in [0.15, 0.2) is 109 Å². The Morgan fingerprint density at radius 3 is 2.11 bits per heavy atom. The first-order valence-corrected chi connectivity index (χ1v) is 15.2. The minimum Gasteiger partial charge on any atom is -0.323 e. The Kier molecular flexibility index (Phi) is 6.28. The maximum Gasteiger partial charge on any atom is 0.0931 e. The van der Waals surface area contributed by atoms with Crippen molar-refractivity contribution >= 4 is 24.0 Å². The van der Waals surface area contributed by atoms with Crippen LogP contribution in [0.1, 0.15) is 29.2 Å². The Morgan fingerprint density at radius 1 is 0.771 bits per heavy atom. The van der Waals surface area contributed by atoms with Gasteiger partial charge in [-0.05, 0) is 35.7 Å². The molecule has 0 N–H and O–H groups in total. The molecular weight excluding hydrogens is 518 g/mol. The molecule has 8 rings (SSSR count). The standard InChI is InChI=1S/C16H17NSi.C16H13.Zr/c1-11-15-13-9-17(12-7-5-4-6-8-12)10-14(13)16(11)18(15,2)3;1-12-10-14-8-5-9-15(16(14)11-12)13-6-3-2-4-7-13;/h4-10,15H,1-3H3;2-11H,1H3;/q;-1;. The molecule has 1 atom stereocenters. The fourth-order valence-electron chi connectivity index (χ4n) is 6.35. The van der Waals surface area contributed by atoms with Gasteiger partial charge in [-0.2, -0.15) is 6.07 Å². The van der Waals surface area contributed by atoms with Crippen LogP contribution in [-0.4, -0.2) is 12.6 Å². The number of aryl methyl sites for hydroxylation is 1. The Morgan fingerprint density at radius 2 is 1.46 bits per heavy atom. The van der Waals surface area contributed by atoms with Crippen molar-refractivity contribution in [3.05, 3.63) is 126 Å². The summed E-state index contributed by atoms with van der Waals surface area (Å²) in [6.45, 7) is 9.49. The third-order valence-electron chi connectivity index (χ3n) is 7.67. The van der Waals surface area contributed by atoms with E-state index >= 15 is 0 Å². The van der Waals surface area contributed by atoms with Gasteiger partial charge in [-0.1, -0.05) is 90.9 Å². The fourth-order valence-corrected chi connectivity index (χ4v) is 10.7. The molecule has 1 nitrogen and oxygen atoms in total. The van der Waals surface area contributed by atoms with Crippen molar-refractivity contribution in [3.63, 3.8) is 0 Å². The predicted molar refractivity (Wildman–Crippen MR) is 148 cm³/mol. The molecule has 0 fully saturated rings. The molecule has 0 radical (unpaired) electrons. The first-order valence-electron chi connectivity index (χ1n) is 12.2. The zero-order valence-corrected chi connectivity index (χ0v) is 24.3. The number of benzene rings is 3. The molecular formula is C32H30NSiZr-. The number of nitrogens with zero attached hydrogens (tertiary/aromatic N) is 1. The van der Waals surface area contributed by atoms with Crippen LogP contribution in [0.2, 0.25) is 13.1 Å². The SMILES string of the molecule is CC1=C2c3cn(-c4ccccc4)cc3C1[Si]2(C)C.Cc1cc2c(-c3ccccc3)cccc2[cH-]1.[Zr]. The monoisotopic (exact) mass is 546 g/mol. The fraction of sp³-hybridized carbons (Fsp3) is 0.156. The normalized spacial score (nSPS) is 16.7. The third kappa shape index (κ3) is 3.90. The summed E-state index contributed by atoms with van der Waals surface area (Å²) in [5.41, 5.74) is 10.8. The smallest absolute Gasteiger partial charge is 0.0931 e. The Labute approximate surface area is 228 Å². The molecule has 3 heteroatoms. The minimum atomic E-state index is -1.12. The van der Waals surface area contributed by atoms with Crippen LogP contribution in [0.3, 0.4) is 0 Å². The van der Waals surface area contributed by atoms with Gasteiger partial charge in [-0.25, -0.2) is 0 Å². The molecule has 35 heavy (non-hydrogen) atoms. The molecule has 0 spiro atoms. The topological polar surface area (TPSA) is 4.93 Å². The number of hydrogen-bond donors (Lipinski definition) is 0. The number of para-hydroxylation sites is 1. The molecule has 5 aromatic rings.